The first-order chi connectivity index (χ1) is 12.5. The molecule has 0 saturated heterocycles. The Hall–Kier alpha value is -3.26. The summed E-state index contributed by atoms with van der Waals surface area (Å²) in [6.45, 7) is 0. The molecule has 8 heteroatoms. The number of rotatable bonds is 5. The van der Waals surface area contributed by atoms with Crippen LogP contribution in [0, 0.1) is 5.41 Å². The van der Waals surface area contributed by atoms with Crippen molar-refractivity contribution in [1.82, 2.24) is 15.0 Å². The van der Waals surface area contributed by atoms with Gasteiger partial charge in [-0.05, 0) is 30.3 Å². The largest absolute Gasteiger partial charge is 0.481 e. The zero-order chi connectivity index (χ0) is 18.3. The average Bonchev–Trinajstić information content (AvgIpc) is 3.22. The third-order valence-corrected chi connectivity index (χ3v) is 5.28. The fraction of sp³-hybridized carbons (Fsp3) is 0.111. The molecule has 0 saturated carbocycles. The molecule has 2 heterocycles. The van der Waals surface area contributed by atoms with E-state index in [0.29, 0.717) is 21.9 Å². The van der Waals surface area contributed by atoms with Crippen LogP contribution in [-0.2, 0) is 4.79 Å². The predicted octanol–water partition coefficient (Wildman–Crippen LogP) is 3.06. The van der Waals surface area contributed by atoms with Crippen molar-refractivity contribution < 1.29 is 9.90 Å². The van der Waals surface area contributed by atoms with E-state index < -0.39 is 11.9 Å². The maximum atomic E-state index is 11.4. The Balaban J connectivity index is 1.82. The minimum absolute atomic E-state index is 0.0270. The molecule has 4 rings (SSSR count). The lowest BCUT2D eigenvalue weighted by atomic mass is 10.1. The number of aromatic amines is 1. The summed E-state index contributed by atoms with van der Waals surface area (Å²) in [5, 5.41) is 17.6. The van der Waals surface area contributed by atoms with Crippen LogP contribution in [0.2, 0.25) is 0 Å². The van der Waals surface area contributed by atoms with Crippen molar-refractivity contribution in [2.24, 2.45) is 5.73 Å². The molecular weight excluding hydrogens is 350 g/mol. The summed E-state index contributed by atoms with van der Waals surface area (Å²) in [7, 11) is 0. The zero-order valence-electron chi connectivity index (χ0n) is 13.6. The molecule has 0 amide bonds. The number of carboxylic acid groups (broad SMARTS) is 1. The number of benzene rings is 2. The molecule has 1 unspecified atom stereocenters. The number of hydrogen-bond donors (Lipinski definition) is 4. The number of aliphatic carboxylic acids is 1. The number of nitrogens with zero attached hydrogens (tertiary/aromatic N) is 2. The third-order valence-electron chi connectivity index (χ3n) is 4.13. The van der Waals surface area contributed by atoms with Gasteiger partial charge in [-0.3, -0.25) is 10.2 Å². The third kappa shape index (κ3) is 2.91. The van der Waals surface area contributed by atoms with Gasteiger partial charge in [0.15, 0.2) is 0 Å². The molecule has 130 valence electrons. The lowest BCUT2D eigenvalue weighted by Gasteiger charge is -2.08. The van der Waals surface area contributed by atoms with Crippen LogP contribution in [0.3, 0.4) is 0 Å². The molecule has 0 bridgehead atoms. The number of imidazole rings is 1. The molecule has 2 aromatic carbocycles. The van der Waals surface area contributed by atoms with Crippen molar-refractivity contribution in [3.05, 3.63) is 58.9 Å². The van der Waals surface area contributed by atoms with Crippen LogP contribution >= 0.6 is 11.3 Å². The standard InChI is InChI=1S/C18H15N5O2S/c19-16(20)9-5-6-14-13(7-9)23-18(26-14)10(8-15(24)25)17-21-11-3-1-2-4-12(11)22-17/h1-7,10H,8H2,(H3,19,20)(H,21,22)(H,24,25). The minimum atomic E-state index is -0.917. The molecule has 1 atom stereocenters. The van der Waals surface area contributed by atoms with Crippen LogP contribution in [0.1, 0.15) is 28.7 Å². The monoisotopic (exact) mass is 365 g/mol. The highest BCUT2D eigenvalue weighted by molar-refractivity contribution is 7.18. The molecule has 26 heavy (non-hydrogen) atoms. The number of nitrogens with two attached hydrogens (primary N) is 1. The zero-order valence-corrected chi connectivity index (χ0v) is 14.4. The van der Waals surface area contributed by atoms with Crippen molar-refractivity contribution in [2.45, 2.75) is 12.3 Å². The number of nitrogen functional groups attached to an aromatic ring is 1. The number of carbonyl (C=O) groups is 1. The molecule has 0 fully saturated rings. The summed E-state index contributed by atoms with van der Waals surface area (Å²) in [5.41, 5.74) is 8.48. The number of thiazole rings is 1. The lowest BCUT2D eigenvalue weighted by molar-refractivity contribution is -0.137. The summed E-state index contributed by atoms with van der Waals surface area (Å²) in [4.78, 5) is 23.8. The Morgan fingerprint density at radius 3 is 2.77 bits per heavy atom. The van der Waals surface area contributed by atoms with Gasteiger partial charge in [0.1, 0.15) is 16.7 Å². The topological polar surface area (TPSA) is 129 Å². The normalized spacial score (nSPS) is 12.5. The predicted molar refractivity (Wildman–Crippen MR) is 101 cm³/mol. The second kappa shape index (κ2) is 6.23. The number of H-pyrrole nitrogens is 1. The molecular formula is C18H15N5O2S. The first-order valence-corrected chi connectivity index (χ1v) is 8.74. The van der Waals surface area contributed by atoms with E-state index in [1.807, 2.05) is 30.3 Å². The van der Waals surface area contributed by atoms with Gasteiger partial charge in [0.05, 0.1) is 33.6 Å². The van der Waals surface area contributed by atoms with Gasteiger partial charge in [-0.1, -0.05) is 12.1 Å². The molecule has 0 aliphatic carbocycles. The van der Waals surface area contributed by atoms with Crippen LogP contribution in [0.4, 0.5) is 0 Å². The highest BCUT2D eigenvalue weighted by Crippen LogP contribution is 2.34. The second-order valence-corrected chi connectivity index (χ2v) is 7.00. The van der Waals surface area contributed by atoms with E-state index >= 15 is 0 Å². The van der Waals surface area contributed by atoms with Crippen molar-refractivity contribution in [3.8, 4) is 0 Å². The van der Waals surface area contributed by atoms with Crippen molar-refractivity contribution in [3.63, 3.8) is 0 Å². The molecule has 0 radical (unpaired) electrons. The quantitative estimate of drug-likeness (QED) is 0.319. The van der Waals surface area contributed by atoms with Crippen LogP contribution in [0.25, 0.3) is 21.3 Å². The summed E-state index contributed by atoms with van der Waals surface area (Å²) in [6.07, 6.45) is -0.112. The number of amidine groups is 1. The number of nitrogens with one attached hydrogen (secondary N) is 2. The maximum absolute atomic E-state index is 11.4. The van der Waals surface area contributed by atoms with Gasteiger partial charge in [0.2, 0.25) is 0 Å². The van der Waals surface area contributed by atoms with Gasteiger partial charge in [-0.2, -0.15) is 0 Å². The number of aromatic nitrogens is 3. The Morgan fingerprint density at radius 2 is 2.04 bits per heavy atom. The first kappa shape index (κ1) is 16.2. The van der Waals surface area contributed by atoms with E-state index in [0.717, 1.165) is 15.7 Å². The van der Waals surface area contributed by atoms with Crippen molar-refractivity contribution in [2.75, 3.05) is 0 Å². The SMILES string of the molecule is N=C(N)c1ccc2sc(C(CC(=O)O)c3nc4ccccc4[nH]3)nc2c1. The van der Waals surface area contributed by atoms with E-state index in [4.69, 9.17) is 11.1 Å². The Labute approximate surface area is 152 Å². The van der Waals surface area contributed by atoms with E-state index in [9.17, 15) is 9.90 Å². The van der Waals surface area contributed by atoms with Gasteiger partial charge < -0.3 is 15.8 Å². The van der Waals surface area contributed by atoms with E-state index in [1.165, 1.54) is 11.3 Å². The maximum Gasteiger partial charge on any atom is 0.304 e. The number of para-hydroxylation sites is 2. The molecule has 0 aliphatic heterocycles. The number of hydrogen-bond acceptors (Lipinski definition) is 5. The average molecular weight is 365 g/mol. The Morgan fingerprint density at radius 1 is 1.23 bits per heavy atom. The van der Waals surface area contributed by atoms with Crippen molar-refractivity contribution in [1.29, 1.82) is 5.41 Å². The summed E-state index contributed by atoms with van der Waals surface area (Å²) in [6, 6.07) is 12.9. The Kier molecular flexibility index (Phi) is 3.89. The fourth-order valence-corrected chi connectivity index (χ4v) is 3.93. The summed E-state index contributed by atoms with van der Waals surface area (Å²) < 4.78 is 0.913. The molecule has 2 aromatic heterocycles. The van der Waals surface area contributed by atoms with Gasteiger partial charge in [0.25, 0.3) is 0 Å². The van der Waals surface area contributed by atoms with Gasteiger partial charge >= 0.3 is 5.97 Å². The lowest BCUT2D eigenvalue weighted by Crippen LogP contribution is -2.10. The van der Waals surface area contributed by atoms with Gasteiger partial charge in [0, 0.05) is 5.56 Å². The van der Waals surface area contributed by atoms with Crippen LogP contribution in [0.5, 0.6) is 0 Å². The second-order valence-electron chi connectivity index (χ2n) is 5.94. The van der Waals surface area contributed by atoms with Gasteiger partial charge in [-0.25, -0.2) is 9.97 Å². The summed E-state index contributed by atoms with van der Waals surface area (Å²) >= 11 is 1.43. The number of fused-ring (bicyclic) bond motifs is 2. The molecule has 7 nitrogen and oxygen atoms in total. The molecule has 0 aliphatic rings. The molecule has 4 aromatic rings. The van der Waals surface area contributed by atoms with Crippen molar-refractivity contribution >= 4 is 44.4 Å². The highest BCUT2D eigenvalue weighted by Gasteiger charge is 2.25. The van der Waals surface area contributed by atoms with E-state index in [2.05, 4.69) is 15.0 Å². The fourth-order valence-electron chi connectivity index (χ4n) is 2.87. The molecule has 5 N–H and O–H groups in total. The highest BCUT2D eigenvalue weighted by atomic mass is 32.1. The van der Waals surface area contributed by atoms with E-state index in [1.54, 1.807) is 12.1 Å². The van der Waals surface area contributed by atoms with Crippen LogP contribution < -0.4 is 5.73 Å². The Bertz CT molecular complexity index is 1110. The number of carboxylic acids is 1. The summed E-state index contributed by atoms with van der Waals surface area (Å²) in [5.74, 6) is -0.836. The first-order valence-electron chi connectivity index (χ1n) is 7.92. The smallest absolute Gasteiger partial charge is 0.304 e. The van der Waals surface area contributed by atoms with E-state index in [-0.39, 0.29) is 12.3 Å². The molecule has 0 spiro atoms. The van der Waals surface area contributed by atoms with Crippen LogP contribution in [0.15, 0.2) is 42.5 Å². The van der Waals surface area contributed by atoms with Crippen LogP contribution in [-0.4, -0.2) is 31.9 Å². The minimum Gasteiger partial charge on any atom is -0.481 e. The van der Waals surface area contributed by atoms with Gasteiger partial charge in [-0.15, -0.1) is 11.3 Å².